The number of hydrogen-bond acceptors (Lipinski definition) is 4. The number of esters is 1. The first-order chi connectivity index (χ1) is 8.70. The van der Waals surface area contributed by atoms with Crippen molar-refractivity contribution in [3.63, 3.8) is 0 Å². The number of carbonyl (C=O) groups is 1. The lowest BCUT2D eigenvalue weighted by Crippen LogP contribution is -2.21. The molecule has 1 atom stereocenters. The Morgan fingerprint density at radius 3 is 2.17 bits per heavy atom. The minimum atomic E-state index is -0.951. The van der Waals surface area contributed by atoms with E-state index in [0.717, 1.165) is 12.8 Å². The van der Waals surface area contributed by atoms with Crippen molar-refractivity contribution in [2.24, 2.45) is 0 Å². The molecule has 0 radical (unpaired) electrons. The highest BCUT2D eigenvalue weighted by atomic mass is 16.5. The van der Waals surface area contributed by atoms with Crippen molar-refractivity contribution >= 4 is 5.97 Å². The van der Waals surface area contributed by atoms with Crippen LogP contribution in [0.5, 0.6) is 0 Å². The first-order valence-corrected chi connectivity index (χ1v) is 7.15. The van der Waals surface area contributed by atoms with E-state index in [2.05, 4.69) is 6.92 Å². The van der Waals surface area contributed by atoms with Crippen LogP contribution in [0.15, 0.2) is 0 Å². The Morgan fingerprint density at radius 1 is 1.06 bits per heavy atom. The third kappa shape index (κ3) is 11.9. The highest BCUT2D eigenvalue weighted by molar-refractivity contribution is 5.69. The van der Waals surface area contributed by atoms with Crippen molar-refractivity contribution < 1.29 is 19.7 Å². The Labute approximate surface area is 110 Å². The summed E-state index contributed by atoms with van der Waals surface area (Å²) < 4.78 is 4.81. The van der Waals surface area contributed by atoms with E-state index in [1.54, 1.807) is 0 Å². The number of rotatable bonds is 12. The van der Waals surface area contributed by atoms with Crippen molar-refractivity contribution in [1.29, 1.82) is 0 Å². The normalized spacial score (nSPS) is 12.4. The van der Waals surface area contributed by atoms with E-state index in [1.165, 1.54) is 38.5 Å². The summed E-state index contributed by atoms with van der Waals surface area (Å²) in [7, 11) is 0. The molecular weight excluding hydrogens is 232 g/mol. The number of hydrogen-bond donors (Lipinski definition) is 2. The molecule has 4 nitrogen and oxygen atoms in total. The van der Waals surface area contributed by atoms with Gasteiger partial charge in [0.05, 0.1) is 6.61 Å². The fourth-order valence-electron chi connectivity index (χ4n) is 1.72. The molecule has 0 aliphatic heterocycles. The highest BCUT2D eigenvalue weighted by Gasteiger charge is 2.07. The second-order valence-electron chi connectivity index (χ2n) is 4.74. The molecule has 0 rings (SSSR count). The van der Waals surface area contributed by atoms with Crippen LogP contribution in [0.3, 0.4) is 0 Å². The molecule has 0 spiro atoms. The largest absolute Gasteiger partial charge is 0.463 e. The van der Waals surface area contributed by atoms with E-state index in [-0.39, 0.29) is 19.2 Å². The summed E-state index contributed by atoms with van der Waals surface area (Å²) in [5.74, 6) is -0.284. The van der Waals surface area contributed by atoms with Crippen molar-refractivity contribution in [3.05, 3.63) is 0 Å². The first kappa shape index (κ1) is 17.4. The van der Waals surface area contributed by atoms with Gasteiger partial charge in [-0.25, -0.2) is 0 Å². The van der Waals surface area contributed by atoms with Gasteiger partial charge < -0.3 is 14.9 Å². The lowest BCUT2D eigenvalue weighted by Gasteiger charge is -2.08. The van der Waals surface area contributed by atoms with Gasteiger partial charge >= 0.3 is 5.97 Å². The number of carbonyl (C=O) groups excluding carboxylic acids is 1. The van der Waals surface area contributed by atoms with Gasteiger partial charge in [-0.1, -0.05) is 51.9 Å². The summed E-state index contributed by atoms with van der Waals surface area (Å²) in [6, 6.07) is 0. The molecule has 0 aliphatic rings. The molecule has 0 aliphatic carbocycles. The van der Waals surface area contributed by atoms with Gasteiger partial charge in [-0.2, -0.15) is 0 Å². The van der Waals surface area contributed by atoms with Crippen molar-refractivity contribution in [3.8, 4) is 0 Å². The molecule has 0 saturated heterocycles. The Balaban J connectivity index is 3.20. The Morgan fingerprint density at radius 2 is 1.61 bits per heavy atom. The van der Waals surface area contributed by atoms with Crippen LogP contribution < -0.4 is 0 Å². The fraction of sp³-hybridized carbons (Fsp3) is 0.929. The van der Waals surface area contributed by atoms with Crippen molar-refractivity contribution in [1.82, 2.24) is 0 Å². The van der Waals surface area contributed by atoms with Crippen LogP contribution in [-0.4, -0.2) is 35.5 Å². The molecule has 18 heavy (non-hydrogen) atoms. The average molecular weight is 260 g/mol. The first-order valence-electron chi connectivity index (χ1n) is 7.15. The predicted octanol–water partition coefficient (Wildman–Crippen LogP) is 2.41. The van der Waals surface area contributed by atoms with Gasteiger partial charge in [-0.05, 0) is 6.42 Å². The number of aliphatic hydroxyl groups excluding tert-OH is 2. The van der Waals surface area contributed by atoms with E-state index in [0.29, 0.717) is 6.42 Å². The third-order valence-corrected chi connectivity index (χ3v) is 2.88. The van der Waals surface area contributed by atoms with Gasteiger partial charge in [0.25, 0.3) is 0 Å². The summed E-state index contributed by atoms with van der Waals surface area (Å²) >= 11 is 0. The smallest absolute Gasteiger partial charge is 0.305 e. The highest BCUT2D eigenvalue weighted by Crippen LogP contribution is 2.09. The maximum Gasteiger partial charge on any atom is 0.305 e. The minimum Gasteiger partial charge on any atom is -0.463 e. The minimum absolute atomic E-state index is 0.105. The molecule has 108 valence electrons. The number of ether oxygens (including phenoxy) is 1. The number of unbranched alkanes of at least 4 members (excludes halogenated alkanes) is 7. The van der Waals surface area contributed by atoms with E-state index in [9.17, 15) is 4.79 Å². The van der Waals surface area contributed by atoms with Crippen molar-refractivity contribution in [2.45, 2.75) is 70.8 Å². The summed E-state index contributed by atoms with van der Waals surface area (Å²) in [5.41, 5.74) is 0. The molecular formula is C14H28O4. The third-order valence-electron chi connectivity index (χ3n) is 2.88. The van der Waals surface area contributed by atoms with E-state index in [1.807, 2.05) is 0 Å². The second kappa shape index (κ2) is 12.8. The van der Waals surface area contributed by atoms with E-state index < -0.39 is 6.10 Å². The predicted molar refractivity (Wildman–Crippen MR) is 71.3 cm³/mol. The zero-order valence-corrected chi connectivity index (χ0v) is 11.6. The summed E-state index contributed by atoms with van der Waals surface area (Å²) in [4.78, 5) is 11.2. The molecule has 0 amide bonds. The lowest BCUT2D eigenvalue weighted by molar-refractivity contribution is -0.147. The van der Waals surface area contributed by atoms with Gasteiger partial charge in [0, 0.05) is 6.42 Å². The molecule has 0 heterocycles. The molecule has 2 N–H and O–H groups in total. The van der Waals surface area contributed by atoms with Crippen LogP contribution in [-0.2, 0) is 9.53 Å². The Hall–Kier alpha value is -0.610. The van der Waals surface area contributed by atoms with E-state index >= 15 is 0 Å². The molecule has 0 fully saturated rings. The molecule has 0 aromatic heterocycles. The van der Waals surface area contributed by atoms with Crippen LogP contribution in [0.4, 0.5) is 0 Å². The van der Waals surface area contributed by atoms with Crippen LogP contribution in [0.2, 0.25) is 0 Å². The average Bonchev–Trinajstić information content (AvgIpc) is 2.39. The van der Waals surface area contributed by atoms with Crippen LogP contribution >= 0.6 is 0 Å². The Kier molecular flexibility index (Phi) is 12.4. The summed E-state index contributed by atoms with van der Waals surface area (Å²) in [6.07, 6.45) is 8.99. The van der Waals surface area contributed by atoms with Crippen molar-refractivity contribution in [2.75, 3.05) is 13.2 Å². The standard InChI is InChI=1S/C14H28O4/c1-2-3-4-5-6-7-8-9-10-14(17)18-12-13(16)11-15/h13,15-16H,2-12H2,1H3/t13-/m1/s1. The molecule has 0 bridgehead atoms. The number of aliphatic hydroxyl groups is 2. The van der Waals surface area contributed by atoms with Crippen LogP contribution in [0, 0.1) is 0 Å². The van der Waals surface area contributed by atoms with Gasteiger partial charge in [-0.15, -0.1) is 0 Å². The second-order valence-corrected chi connectivity index (χ2v) is 4.74. The summed E-state index contributed by atoms with van der Waals surface area (Å²) in [6.45, 7) is 1.73. The summed E-state index contributed by atoms with van der Waals surface area (Å²) in [5, 5.41) is 17.5. The molecule has 0 saturated carbocycles. The van der Waals surface area contributed by atoms with Gasteiger partial charge in [-0.3, -0.25) is 4.79 Å². The zero-order chi connectivity index (χ0) is 13.6. The molecule has 0 aromatic carbocycles. The maximum atomic E-state index is 11.2. The van der Waals surface area contributed by atoms with Gasteiger partial charge in [0.2, 0.25) is 0 Å². The SMILES string of the molecule is CCCCCCCCCCC(=O)OC[C@H](O)CO. The lowest BCUT2D eigenvalue weighted by atomic mass is 10.1. The quantitative estimate of drug-likeness (QED) is 0.418. The topological polar surface area (TPSA) is 66.8 Å². The van der Waals surface area contributed by atoms with Crippen LogP contribution in [0.25, 0.3) is 0 Å². The molecule has 0 aromatic rings. The molecule has 0 unspecified atom stereocenters. The monoisotopic (exact) mass is 260 g/mol. The fourth-order valence-corrected chi connectivity index (χ4v) is 1.72. The molecule has 4 heteroatoms. The zero-order valence-electron chi connectivity index (χ0n) is 11.6. The van der Waals surface area contributed by atoms with E-state index in [4.69, 9.17) is 14.9 Å². The van der Waals surface area contributed by atoms with Crippen LogP contribution in [0.1, 0.15) is 64.7 Å². The van der Waals surface area contributed by atoms with Gasteiger partial charge in [0.15, 0.2) is 0 Å². The Bertz CT molecular complexity index is 194. The van der Waals surface area contributed by atoms with Gasteiger partial charge in [0.1, 0.15) is 12.7 Å². The maximum absolute atomic E-state index is 11.2.